The molecular weight excluding hydrogens is 412 g/mol. The second-order valence-corrected chi connectivity index (χ2v) is 7.69. The minimum absolute atomic E-state index is 0.116. The molecule has 0 bridgehead atoms. The molecule has 33 heavy (non-hydrogen) atoms. The van der Waals surface area contributed by atoms with Gasteiger partial charge in [-0.3, -0.25) is 4.79 Å². The van der Waals surface area contributed by atoms with Gasteiger partial charge in [-0.1, -0.05) is 42.5 Å². The van der Waals surface area contributed by atoms with Crippen molar-refractivity contribution in [3.8, 4) is 22.6 Å². The fraction of sp³-hybridized carbons (Fsp3) is 0.111. The van der Waals surface area contributed by atoms with E-state index in [-0.39, 0.29) is 12.5 Å². The smallest absolute Gasteiger partial charge is 0.277 e. The van der Waals surface area contributed by atoms with Crippen molar-refractivity contribution in [2.24, 2.45) is 5.10 Å². The summed E-state index contributed by atoms with van der Waals surface area (Å²) in [6.45, 7) is -0.116. The summed E-state index contributed by atoms with van der Waals surface area (Å²) in [7, 11) is 4.02. The predicted octanol–water partition coefficient (Wildman–Crippen LogP) is 4.74. The van der Waals surface area contributed by atoms with E-state index in [2.05, 4.69) is 39.7 Å². The highest BCUT2D eigenvalue weighted by Crippen LogP contribution is 2.22. The molecule has 0 spiro atoms. The molecule has 0 aliphatic heterocycles. The first-order chi connectivity index (χ1) is 16.1. The Morgan fingerprint density at radius 1 is 0.909 bits per heavy atom. The Hall–Kier alpha value is -4.32. The highest BCUT2D eigenvalue weighted by atomic mass is 16.5. The number of carbonyl (C=O) groups excluding carboxylic acids is 1. The van der Waals surface area contributed by atoms with Crippen LogP contribution in [0.3, 0.4) is 0 Å². The van der Waals surface area contributed by atoms with Gasteiger partial charge in [-0.15, -0.1) is 0 Å². The molecule has 6 heteroatoms. The number of hydrogen-bond acceptors (Lipinski definition) is 4. The van der Waals surface area contributed by atoms with Crippen molar-refractivity contribution >= 4 is 17.8 Å². The van der Waals surface area contributed by atoms with E-state index in [1.54, 1.807) is 6.21 Å². The van der Waals surface area contributed by atoms with Gasteiger partial charge in [0.05, 0.1) is 11.9 Å². The van der Waals surface area contributed by atoms with Crippen molar-refractivity contribution in [2.45, 2.75) is 0 Å². The number of amides is 1. The number of carbonyl (C=O) groups is 1. The zero-order valence-corrected chi connectivity index (χ0v) is 18.7. The highest BCUT2D eigenvalue weighted by Gasteiger charge is 2.05. The fourth-order valence-corrected chi connectivity index (χ4v) is 3.37. The van der Waals surface area contributed by atoms with E-state index in [9.17, 15) is 4.79 Å². The third-order valence-corrected chi connectivity index (χ3v) is 5.14. The molecule has 0 saturated heterocycles. The average Bonchev–Trinajstić information content (AvgIpc) is 3.32. The predicted molar refractivity (Wildman–Crippen MR) is 133 cm³/mol. The largest absolute Gasteiger partial charge is 0.484 e. The number of nitrogens with one attached hydrogen (secondary N) is 1. The minimum Gasteiger partial charge on any atom is -0.484 e. The molecule has 166 valence electrons. The third-order valence-electron chi connectivity index (χ3n) is 5.14. The Morgan fingerprint density at radius 2 is 1.61 bits per heavy atom. The number of hydrazone groups is 1. The second kappa shape index (κ2) is 10.3. The summed E-state index contributed by atoms with van der Waals surface area (Å²) < 4.78 is 7.57. The molecule has 0 aliphatic carbocycles. The Balaban J connectivity index is 1.30. The summed E-state index contributed by atoms with van der Waals surface area (Å²) in [5, 5.41) is 4.08. The molecule has 1 heterocycles. The van der Waals surface area contributed by atoms with Crippen molar-refractivity contribution in [3.63, 3.8) is 0 Å². The van der Waals surface area contributed by atoms with Crippen LogP contribution in [-0.2, 0) is 4.79 Å². The number of benzene rings is 3. The summed E-state index contributed by atoms with van der Waals surface area (Å²) in [6.07, 6.45) is 3.57. The molecule has 0 aliphatic rings. The van der Waals surface area contributed by atoms with Crippen LogP contribution in [0.5, 0.6) is 5.75 Å². The first-order valence-corrected chi connectivity index (χ1v) is 10.7. The first-order valence-electron chi connectivity index (χ1n) is 10.7. The number of hydrogen-bond donors (Lipinski definition) is 1. The summed E-state index contributed by atoms with van der Waals surface area (Å²) in [6, 6.07) is 29.8. The SMILES string of the molecule is CN(C)c1ccc(-n2cccc2/C=N/NC(=O)COc2ccc(-c3ccccc3)cc2)cc1. The van der Waals surface area contributed by atoms with Crippen LogP contribution < -0.4 is 15.1 Å². The topological polar surface area (TPSA) is 58.9 Å². The van der Waals surface area contributed by atoms with Gasteiger partial charge in [0.2, 0.25) is 0 Å². The zero-order chi connectivity index (χ0) is 23.0. The van der Waals surface area contributed by atoms with Gasteiger partial charge in [0.1, 0.15) is 5.75 Å². The molecule has 3 aromatic carbocycles. The van der Waals surface area contributed by atoms with Gasteiger partial charge in [0.15, 0.2) is 6.61 Å². The number of anilines is 1. The summed E-state index contributed by atoms with van der Waals surface area (Å²) >= 11 is 0. The highest BCUT2D eigenvalue weighted by molar-refractivity contribution is 5.82. The van der Waals surface area contributed by atoms with Gasteiger partial charge in [-0.2, -0.15) is 5.10 Å². The maximum absolute atomic E-state index is 12.1. The van der Waals surface area contributed by atoms with Gasteiger partial charge in [0.25, 0.3) is 5.91 Å². The Morgan fingerprint density at radius 3 is 2.30 bits per heavy atom. The maximum atomic E-state index is 12.1. The molecule has 0 atom stereocenters. The maximum Gasteiger partial charge on any atom is 0.277 e. The summed E-state index contributed by atoms with van der Waals surface area (Å²) in [5.41, 5.74) is 7.74. The molecule has 4 aromatic rings. The van der Waals surface area contributed by atoms with E-state index in [0.29, 0.717) is 5.75 Å². The van der Waals surface area contributed by atoms with Gasteiger partial charge >= 0.3 is 0 Å². The van der Waals surface area contributed by atoms with Crippen LogP contribution in [-0.4, -0.2) is 37.4 Å². The van der Waals surface area contributed by atoms with E-state index in [1.807, 2.05) is 91.6 Å². The number of ether oxygens (including phenoxy) is 1. The first kappa shape index (κ1) is 21.9. The standard InChI is InChI=1S/C27H26N4O2/c1-30(2)23-12-14-24(15-13-23)31-18-6-9-25(31)19-28-29-27(32)20-33-26-16-10-22(11-17-26)21-7-4-3-5-8-21/h3-19H,20H2,1-2H3,(H,29,32)/b28-19+. The van der Waals surface area contributed by atoms with Crippen molar-refractivity contribution in [3.05, 3.63) is 103 Å². The molecule has 0 radical (unpaired) electrons. The molecule has 0 saturated carbocycles. The van der Waals surface area contributed by atoms with E-state index in [0.717, 1.165) is 28.2 Å². The van der Waals surface area contributed by atoms with E-state index in [1.165, 1.54) is 0 Å². The normalized spacial score (nSPS) is 10.8. The van der Waals surface area contributed by atoms with Crippen LogP contribution in [0, 0.1) is 0 Å². The third kappa shape index (κ3) is 5.68. The zero-order valence-electron chi connectivity index (χ0n) is 18.7. The summed E-state index contributed by atoms with van der Waals surface area (Å²) in [4.78, 5) is 14.2. The van der Waals surface area contributed by atoms with Crippen LogP contribution >= 0.6 is 0 Å². The number of rotatable bonds is 8. The minimum atomic E-state index is -0.327. The van der Waals surface area contributed by atoms with Crippen molar-refractivity contribution in [2.75, 3.05) is 25.6 Å². The Kier molecular flexibility index (Phi) is 6.85. The van der Waals surface area contributed by atoms with E-state index in [4.69, 9.17) is 4.74 Å². The Labute approximate surface area is 193 Å². The molecular formula is C27H26N4O2. The van der Waals surface area contributed by atoms with E-state index >= 15 is 0 Å². The molecule has 4 rings (SSSR count). The monoisotopic (exact) mass is 438 g/mol. The lowest BCUT2D eigenvalue weighted by Gasteiger charge is -2.13. The fourth-order valence-electron chi connectivity index (χ4n) is 3.37. The van der Waals surface area contributed by atoms with Crippen LogP contribution in [0.4, 0.5) is 5.69 Å². The van der Waals surface area contributed by atoms with Crippen LogP contribution in [0.2, 0.25) is 0 Å². The molecule has 1 aromatic heterocycles. The lowest BCUT2D eigenvalue weighted by atomic mass is 10.1. The lowest BCUT2D eigenvalue weighted by molar-refractivity contribution is -0.123. The van der Waals surface area contributed by atoms with Crippen LogP contribution in [0.25, 0.3) is 16.8 Å². The van der Waals surface area contributed by atoms with Gasteiger partial charge in [-0.05, 0) is 59.7 Å². The van der Waals surface area contributed by atoms with Crippen molar-refractivity contribution in [1.82, 2.24) is 9.99 Å². The van der Waals surface area contributed by atoms with Crippen LogP contribution in [0.1, 0.15) is 5.69 Å². The molecule has 1 amide bonds. The molecule has 6 nitrogen and oxygen atoms in total. The lowest BCUT2D eigenvalue weighted by Crippen LogP contribution is -2.24. The Bertz CT molecular complexity index is 1210. The van der Waals surface area contributed by atoms with E-state index < -0.39 is 0 Å². The summed E-state index contributed by atoms with van der Waals surface area (Å²) in [5.74, 6) is 0.302. The second-order valence-electron chi connectivity index (χ2n) is 7.69. The van der Waals surface area contributed by atoms with Gasteiger partial charge in [0, 0.05) is 31.7 Å². The van der Waals surface area contributed by atoms with Crippen molar-refractivity contribution < 1.29 is 9.53 Å². The van der Waals surface area contributed by atoms with Gasteiger partial charge < -0.3 is 14.2 Å². The number of nitrogens with zero attached hydrogens (tertiary/aromatic N) is 3. The number of aromatic nitrogens is 1. The average molecular weight is 439 g/mol. The molecule has 0 unspecified atom stereocenters. The molecule has 1 N–H and O–H groups in total. The molecule has 0 fully saturated rings. The van der Waals surface area contributed by atoms with Crippen molar-refractivity contribution in [1.29, 1.82) is 0 Å². The van der Waals surface area contributed by atoms with Crippen LogP contribution in [0.15, 0.2) is 102 Å². The van der Waals surface area contributed by atoms with Gasteiger partial charge in [-0.25, -0.2) is 5.43 Å². The quantitative estimate of drug-likeness (QED) is 0.319.